The summed E-state index contributed by atoms with van der Waals surface area (Å²) in [6.07, 6.45) is 1.55. The Hall–Kier alpha value is -3.02. The van der Waals surface area contributed by atoms with E-state index < -0.39 is 0 Å². The summed E-state index contributed by atoms with van der Waals surface area (Å²) in [5.41, 5.74) is 1.24. The molecule has 0 aliphatic carbocycles. The summed E-state index contributed by atoms with van der Waals surface area (Å²) in [6, 6.07) is 14.5. The molecular formula is C21H24N2O4. The van der Waals surface area contributed by atoms with Crippen LogP contribution in [0.3, 0.4) is 0 Å². The molecule has 0 spiro atoms. The van der Waals surface area contributed by atoms with Crippen LogP contribution in [0.2, 0.25) is 0 Å². The fourth-order valence-electron chi connectivity index (χ4n) is 3.29. The lowest BCUT2D eigenvalue weighted by atomic mass is 9.96. The molecule has 6 heteroatoms. The van der Waals surface area contributed by atoms with Crippen LogP contribution in [0.1, 0.15) is 23.2 Å². The van der Waals surface area contributed by atoms with Crippen molar-refractivity contribution in [3.8, 4) is 11.5 Å². The van der Waals surface area contributed by atoms with Crippen molar-refractivity contribution < 1.29 is 19.1 Å². The number of anilines is 1. The van der Waals surface area contributed by atoms with Crippen LogP contribution in [0, 0.1) is 5.92 Å². The molecule has 142 valence electrons. The van der Waals surface area contributed by atoms with E-state index in [1.807, 2.05) is 30.3 Å². The highest BCUT2D eigenvalue weighted by molar-refractivity contribution is 5.98. The van der Waals surface area contributed by atoms with Crippen molar-refractivity contribution in [3.05, 3.63) is 54.1 Å². The van der Waals surface area contributed by atoms with E-state index >= 15 is 0 Å². The molecule has 0 bridgehead atoms. The Balaban J connectivity index is 1.70. The van der Waals surface area contributed by atoms with Gasteiger partial charge in [-0.25, -0.2) is 0 Å². The standard InChI is InChI=1S/C21H24N2O4/c1-26-17-10-11-18(19(13-17)27-2)21(25)23-12-6-7-15(14-23)20(24)22-16-8-4-3-5-9-16/h3-5,8-11,13,15H,6-7,12,14H2,1-2H3,(H,22,24). The second-order valence-electron chi connectivity index (χ2n) is 6.51. The molecule has 0 saturated carbocycles. The molecule has 1 unspecified atom stereocenters. The van der Waals surface area contributed by atoms with Crippen LogP contribution in [-0.2, 0) is 4.79 Å². The largest absolute Gasteiger partial charge is 0.497 e. The Morgan fingerprint density at radius 1 is 1.07 bits per heavy atom. The fourth-order valence-corrected chi connectivity index (χ4v) is 3.29. The molecule has 1 saturated heterocycles. The van der Waals surface area contributed by atoms with E-state index in [2.05, 4.69) is 5.32 Å². The number of benzene rings is 2. The van der Waals surface area contributed by atoms with Crippen LogP contribution >= 0.6 is 0 Å². The normalized spacial score (nSPS) is 16.5. The molecule has 1 heterocycles. The number of amides is 2. The van der Waals surface area contributed by atoms with Gasteiger partial charge in [-0.2, -0.15) is 0 Å². The van der Waals surface area contributed by atoms with Gasteiger partial charge in [0.15, 0.2) is 0 Å². The van der Waals surface area contributed by atoms with Crippen LogP contribution in [-0.4, -0.2) is 44.0 Å². The number of hydrogen-bond donors (Lipinski definition) is 1. The maximum Gasteiger partial charge on any atom is 0.257 e. The highest BCUT2D eigenvalue weighted by atomic mass is 16.5. The zero-order chi connectivity index (χ0) is 19.2. The zero-order valence-corrected chi connectivity index (χ0v) is 15.6. The number of nitrogens with one attached hydrogen (secondary N) is 1. The van der Waals surface area contributed by atoms with Crippen molar-refractivity contribution in [2.75, 3.05) is 32.6 Å². The highest BCUT2D eigenvalue weighted by Gasteiger charge is 2.30. The lowest BCUT2D eigenvalue weighted by molar-refractivity contribution is -0.121. The van der Waals surface area contributed by atoms with Crippen LogP contribution < -0.4 is 14.8 Å². The summed E-state index contributed by atoms with van der Waals surface area (Å²) in [4.78, 5) is 27.3. The number of carbonyl (C=O) groups excluding carboxylic acids is 2. The molecule has 2 amide bonds. The van der Waals surface area contributed by atoms with Crippen LogP contribution in [0.5, 0.6) is 11.5 Å². The van der Waals surface area contributed by atoms with Crippen molar-refractivity contribution in [3.63, 3.8) is 0 Å². The second kappa shape index (κ2) is 8.58. The van der Waals surface area contributed by atoms with E-state index in [1.54, 1.807) is 30.2 Å². The van der Waals surface area contributed by atoms with Gasteiger partial charge in [-0.3, -0.25) is 9.59 Å². The van der Waals surface area contributed by atoms with Gasteiger partial charge in [0.05, 0.1) is 25.7 Å². The third kappa shape index (κ3) is 4.39. The number of rotatable bonds is 5. The number of nitrogens with zero attached hydrogens (tertiary/aromatic N) is 1. The van der Waals surface area contributed by atoms with E-state index in [0.717, 1.165) is 18.5 Å². The molecule has 1 fully saturated rings. The summed E-state index contributed by atoms with van der Waals surface area (Å²) in [7, 11) is 3.09. The summed E-state index contributed by atoms with van der Waals surface area (Å²) in [6.45, 7) is 1.02. The van der Waals surface area contributed by atoms with Crippen molar-refractivity contribution in [1.82, 2.24) is 4.90 Å². The van der Waals surface area contributed by atoms with Crippen molar-refractivity contribution >= 4 is 17.5 Å². The van der Waals surface area contributed by atoms with E-state index in [1.165, 1.54) is 7.11 Å². The quantitative estimate of drug-likeness (QED) is 0.880. The first-order valence-corrected chi connectivity index (χ1v) is 8.99. The maximum atomic E-state index is 13.0. The summed E-state index contributed by atoms with van der Waals surface area (Å²) in [5, 5.41) is 2.93. The van der Waals surface area contributed by atoms with Gasteiger partial charge in [0.25, 0.3) is 5.91 Å². The minimum atomic E-state index is -0.229. The van der Waals surface area contributed by atoms with E-state index in [-0.39, 0.29) is 17.7 Å². The van der Waals surface area contributed by atoms with Gasteiger partial charge in [-0.05, 0) is 37.1 Å². The minimum Gasteiger partial charge on any atom is -0.497 e. The van der Waals surface area contributed by atoms with E-state index in [4.69, 9.17) is 9.47 Å². The molecular weight excluding hydrogens is 344 g/mol. The molecule has 0 radical (unpaired) electrons. The molecule has 1 N–H and O–H groups in total. The minimum absolute atomic E-state index is 0.0552. The average Bonchev–Trinajstić information content (AvgIpc) is 2.73. The van der Waals surface area contributed by atoms with Gasteiger partial charge in [-0.1, -0.05) is 18.2 Å². The van der Waals surface area contributed by atoms with Crippen LogP contribution in [0.25, 0.3) is 0 Å². The van der Waals surface area contributed by atoms with Gasteiger partial charge in [0.1, 0.15) is 11.5 Å². The Morgan fingerprint density at radius 3 is 2.56 bits per heavy atom. The van der Waals surface area contributed by atoms with E-state index in [9.17, 15) is 9.59 Å². The van der Waals surface area contributed by atoms with Crippen LogP contribution in [0.4, 0.5) is 5.69 Å². The number of carbonyl (C=O) groups is 2. The highest BCUT2D eigenvalue weighted by Crippen LogP contribution is 2.28. The van der Waals surface area contributed by atoms with Crippen molar-refractivity contribution in [2.45, 2.75) is 12.8 Å². The molecule has 1 aliphatic rings. The first-order valence-electron chi connectivity index (χ1n) is 8.99. The molecule has 2 aromatic carbocycles. The van der Waals surface area contributed by atoms with Gasteiger partial charge in [-0.15, -0.1) is 0 Å². The SMILES string of the molecule is COc1ccc(C(=O)N2CCCC(C(=O)Nc3ccccc3)C2)c(OC)c1. The molecule has 3 rings (SSSR count). The zero-order valence-electron chi connectivity index (χ0n) is 15.6. The number of hydrogen-bond acceptors (Lipinski definition) is 4. The first kappa shape index (κ1) is 18.8. The third-order valence-corrected chi connectivity index (χ3v) is 4.76. The van der Waals surface area contributed by atoms with Crippen molar-refractivity contribution in [1.29, 1.82) is 0 Å². The predicted octanol–water partition coefficient (Wildman–Crippen LogP) is 3.19. The first-order chi connectivity index (χ1) is 13.1. The Morgan fingerprint density at radius 2 is 1.85 bits per heavy atom. The van der Waals surface area contributed by atoms with Gasteiger partial charge >= 0.3 is 0 Å². The number of likely N-dealkylation sites (tertiary alicyclic amines) is 1. The third-order valence-electron chi connectivity index (χ3n) is 4.76. The predicted molar refractivity (Wildman–Crippen MR) is 103 cm³/mol. The molecule has 2 aromatic rings. The van der Waals surface area contributed by atoms with Crippen LogP contribution in [0.15, 0.2) is 48.5 Å². The molecule has 0 aromatic heterocycles. The maximum absolute atomic E-state index is 13.0. The molecule has 6 nitrogen and oxygen atoms in total. The Bertz CT molecular complexity index is 807. The fraction of sp³-hybridized carbons (Fsp3) is 0.333. The second-order valence-corrected chi connectivity index (χ2v) is 6.51. The number of methoxy groups -OCH3 is 2. The Kier molecular flexibility index (Phi) is 5.96. The van der Waals surface area contributed by atoms with Gasteiger partial charge in [0, 0.05) is 24.8 Å². The Labute approximate surface area is 159 Å². The average molecular weight is 368 g/mol. The van der Waals surface area contributed by atoms with E-state index in [0.29, 0.717) is 30.2 Å². The summed E-state index contributed by atoms with van der Waals surface area (Å²) in [5.74, 6) is 0.677. The van der Waals surface area contributed by atoms with Gasteiger partial charge < -0.3 is 19.7 Å². The molecule has 1 atom stereocenters. The molecule has 27 heavy (non-hydrogen) atoms. The molecule has 1 aliphatic heterocycles. The summed E-state index contributed by atoms with van der Waals surface area (Å²) >= 11 is 0. The van der Waals surface area contributed by atoms with Crippen molar-refractivity contribution in [2.24, 2.45) is 5.92 Å². The number of para-hydroxylation sites is 1. The number of ether oxygens (including phenoxy) is 2. The topological polar surface area (TPSA) is 67.9 Å². The van der Waals surface area contributed by atoms with Gasteiger partial charge in [0.2, 0.25) is 5.91 Å². The smallest absolute Gasteiger partial charge is 0.257 e. The number of piperidine rings is 1. The summed E-state index contributed by atoms with van der Waals surface area (Å²) < 4.78 is 10.5. The lowest BCUT2D eigenvalue weighted by Crippen LogP contribution is -2.43. The lowest BCUT2D eigenvalue weighted by Gasteiger charge is -2.32. The monoisotopic (exact) mass is 368 g/mol.